The third-order valence-electron chi connectivity index (χ3n) is 7.45. The van der Waals surface area contributed by atoms with Gasteiger partial charge in [0.05, 0.1) is 5.70 Å². The van der Waals surface area contributed by atoms with Gasteiger partial charge in [0, 0.05) is 42.4 Å². The Kier molecular flexibility index (Phi) is 6.20. The second kappa shape index (κ2) is 9.65. The van der Waals surface area contributed by atoms with Crippen molar-refractivity contribution in [3.8, 4) is 5.75 Å². The molecule has 2 aliphatic heterocycles. The molecule has 0 saturated carbocycles. The van der Waals surface area contributed by atoms with Crippen molar-refractivity contribution in [2.45, 2.75) is 12.8 Å². The fourth-order valence-corrected chi connectivity index (χ4v) is 5.40. The normalized spacial score (nSPS) is 14.5. The number of nitrogens with one attached hydrogen (secondary N) is 1. The van der Waals surface area contributed by atoms with Crippen LogP contribution < -0.4 is 20.3 Å². The number of anilines is 2. The number of rotatable bonds is 4. The van der Waals surface area contributed by atoms with E-state index in [9.17, 15) is 31.5 Å². The molecular formula is C29H21F5N4O3. The number of esters is 1. The van der Waals surface area contributed by atoms with Crippen molar-refractivity contribution in [2.75, 3.05) is 29.9 Å². The van der Waals surface area contributed by atoms with E-state index in [0.717, 1.165) is 29.8 Å². The average Bonchev–Trinajstić information content (AvgIpc) is 3.69. The van der Waals surface area contributed by atoms with Crippen molar-refractivity contribution < 1.29 is 36.3 Å². The summed E-state index contributed by atoms with van der Waals surface area (Å²) in [6.45, 7) is 1.18. The van der Waals surface area contributed by atoms with E-state index in [4.69, 9.17) is 5.73 Å². The number of halogens is 5. The molecule has 4 aromatic rings. The second-order valence-corrected chi connectivity index (χ2v) is 9.82. The first-order valence-corrected chi connectivity index (χ1v) is 12.6. The van der Waals surface area contributed by atoms with Crippen molar-refractivity contribution in [2.24, 2.45) is 5.73 Å². The highest BCUT2D eigenvalue weighted by Crippen LogP contribution is 2.37. The number of fused-ring (bicyclic) bond motifs is 4. The van der Waals surface area contributed by atoms with Crippen molar-refractivity contribution in [3.63, 3.8) is 0 Å². The molecule has 0 radical (unpaired) electrons. The Labute approximate surface area is 229 Å². The summed E-state index contributed by atoms with van der Waals surface area (Å²) < 4.78 is 72.9. The number of nitrogens with zero attached hydrogens (tertiary/aromatic N) is 2. The van der Waals surface area contributed by atoms with E-state index in [1.807, 2.05) is 25.2 Å². The maximum absolute atomic E-state index is 14.0. The Morgan fingerprint density at radius 3 is 2.32 bits per heavy atom. The van der Waals surface area contributed by atoms with Crippen molar-refractivity contribution in [3.05, 3.63) is 93.6 Å². The van der Waals surface area contributed by atoms with Gasteiger partial charge in [0.1, 0.15) is 5.69 Å². The summed E-state index contributed by atoms with van der Waals surface area (Å²) in [6.07, 6.45) is 2.93. The van der Waals surface area contributed by atoms with Gasteiger partial charge in [-0.05, 0) is 59.9 Å². The number of aromatic amines is 1. The molecule has 0 spiro atoms. The lowest BCUT2D eigenvalue weighted by molar-refractivity contribution is -0.115. The van der Waals surface area contributed by atoms with Crippen LogP contribution in [-0.4, -0.2) is 37.0 Å². The molecule has 0 unspecified atom stereocenters. The molecule has 6 rings (SSSR count). The quantitative estimate of drug-likeness (QED) is 0.0907. The first-order chi connectivity index (χ1) is 19.6. The first kappa shape index (κ1) is 26.4. The van der Waals surface area contributed by atoms with Crippen molar-refractivity contribution in [1.82, 2.24) is 4.98 Å². The standard InChI is InChI=1S/C29H21F5N4O3/c1-37-9-7-14-13(3-2-4-20(14)37)11-17(35)28(39)38-10-8-15-16-12-19(36-18(16)5-6-21(15)38)29(40)41-27-25(33)23(31)22(30)24(32)26(27)34/h2-6,11-12,36H,7-10,35H2,1H3/b17-11-. The number of H-pyrrole nitrogens is 1. The molecule has 2 aliphatic rings. The van der Waals surface area contributed by atoms with Gasteiger partial charge in [-0.1, -0.05) is 12.1 Å². The molecule has 0 atom stereocenters. The van der Waals surface area contributed by atoms with Crippen LogP contribution in [-0.2, 0) is 17.6 Å². The Hall–Kier alpha value is -4.87. The molecule has 0 saturated heterocycles. The van der Waals surface area contributed by atoms with E-state index < -0.39 is 46.7 Å². The molecule has 41 heavy (non-hydrogen) atoms. The highest BCUT2D eigenvalue weighted by atomic mass is 19.2. The van der Waals surface area contributed by atoms with Gasteiger partial charge in [0.2, 0.25) is 34.8 Å². The fourth-order valence-electron chi connectivity index (χ4n) is 5.40. The van der Waals surface area contributed by atoms with E-state index in [1.54, 1.807) is 18.2 Å². The summed E-state index contributed by atoms with van der Waals surface area (Å²) in [6, 6.07) is 10.4. The van der Waals surface area contributed by atoms with Gasteiger partial charge in [-0.2, -0.15) is 8.78 Å². The second-order valence-electron chi connectivity index (χ2n) is 9.82. The topological polar surface area (TPSA) is 91.7 Å². The molecule has 0 bridgehead atoms. The maximum atomic E-state index is 14.0. The van der Waals surface area contributed by atoms with Crippen LogP contribution in [0.4, 0.5) is 33.3 Å². The molecule has 1 amide bonds. The molecule has 3 heterocycles. The van der Waals surface area contributed by atoms with Crippen molar-refractivity contribution in [1.29, 1.82) is 0 Å². The SMILES string of the molecule is CN1CCc2c(/C=C(\N)C(=O)N3CCc4c3ccc3[nH]c(C(=O)Oc5c(F)c(F)c(F)c(F)c5F)cc43)cccc21. The van der Waals surface area contributed by atoms with Crippen LogP contribution in [0.1, 0.15) is 27.2 Å². The van der Waals surface area contributed by atoms with Crippen molar-refractivity contribution >= 4 is 40.2 Å². The lowest BCUT2D eigenvalue weighted by Crippen LogP contribution is -2.33. The average molecular weight is 569 g/mol. The molecule has 3 aromatic carbocycles. The van der Waals surface area contributed by atoms with Crippen LogP contribution in [0.25, 0.3) is 17.0 Å². The summed E-state index contributed by atoms with van der Waals surface area (Å²) in [5.74, 6) is -14.8. The number of benzene rings is 3. The van der Waals surface area contributed by atoms with Crippen LogP contribution in [0.15, 0.2) is 42.1 Å². The number of aromatic nitrogens is 1. The molecule has 0 aliphatic carbocycles. The zero-order valence-corrected chi connectivity index (χ0v) is 21.5. The summed E-state index contributed by atoms with van der Waals surface area (Å²) in [7, 11) is 2.00. The maximum Gasteiger partial charge on any atom is 0.360 e. The van der Waals surface area contributed by atoms with E-state index in [2.05, 4.69) is 14.6 Å². The number of carbonyl (C=O) groups excluding carboxylic acids is 2. The Balaban J connectivity index is 1.28. The van der Waals surface area contributed by atoms with Gasteiger partial charge < -0.3 is 25.3 Å². The molecule has 3 N–H and O–H groups in total. The third kappa shape index (κ3) is 4.17. The summed E-state index contributed by atoms with van der Waals surface area (Å²) in [4.78, 5) is 32.4. The van der Waals surface area contributed by atoms with Crippen LogP contribution >= 0.6 is 0 Å². The van der Waals surface area contributed by atoms with Gasteiger partial charge in [-0.15, -0.1) is 0 Å². The van der Waals surface area contributed by atoms with Crippen LogP contribution in [0.2, 0.25) is 0 Å². The number of carbonyl (C=O) groups is 2. The number of nitrogens with two attached hydrogens (primary N) is 1. The predicted molar refractivity (Wildman–Crippen MR) is 141 cm³/mol. The molecular weight excluding hydrogens is 547 g/mol. The van der Waals surface area contributed by atoms with Crippen LogP contribution in [0.5, 0.6) is 5.75 Å². The smallest absolute Gasteiger partial charge is 0.360 e. The number of hydrogen-bond acceptors (Lipinski definition) is 5. The van der Waals surface area contributed by atoms with E-state index >= 15 is 0 Å². The highest BCUT2D eigenvalue weighted by Gasteiger charge is 2.31. The number of likely N-dealkylation sites (N-methyl/N-ethyl adjacent to an activating group) is 1. The predicted octanol–water partition coefficient (Wildman–Crippen LogP) is 4.96. The summed E-state index contributed by atoms with van der Waals surface area (Å²) in [5.41, 5.74) is 10.8. The largest absolute Gasteiger partial charge is 0.415 e. The first-order valence-electron chi connectivity index (χ1n) is 12.6. The highest BCUT2D eigenvalue weighted by molar-refractivity contribution is 6.10. The minimum absolute atomic E-state index is 0.0575. The zero-order chi connectivity index (χ0) is 29.2. The zero-order valence-electron chi connectivity index (χ0n) is 21.5. The number of amides is 1. The number of ether oxygens (including phenoxy) is 1. The fraction of sp³-hybridized carbons (Fsp3) is 0.172. The van der Waals surface area contributed by atoms with Gasteiger partial charge in [-0.25, -0.2) is 18.0 Å². The lowest BCUT2D eigenvalue weighted by Gasteiger charge is -2.18. The molecule has 210 valence electrons. The van der Waals surface area contributed by atoms with E-state index in [0.29, 0.717) is 35.1 Å². The van der Waals surface area contributed by atoms with Crippen LogP contribution in [0, 0.1) is 29.1 Å². The molecule has 0 fully saturated rings. The summed E-state index contributed by atoms with van der Waals surface area (Å²) >= 11 is 0. The minimum Gasteiger partial charge on any atom is -0.415 e. The van der Waals surface area contributed by atoms with Gasteiger partial charge in [0.15, 0.2) is 0 Å². The number of hydrogen-bond donors (Lipinski definition) is 2. The van der Waals surface area contributed by atoms with E-state index in [-0.39, 0.29) is 11.4 Å². The van der Waals surface area contributed by atoms with Gasteiger partial charge >= 0.3 is 5.97 Å². The molecule has 12 heteroatoms. The third-order valence-corrected chi connectivity index (χ3v) is 7.45. The van der Waals surface area contributed by atoms with Gasteiger partial charge in [0.25, 0.3) is 5.91 Å². The Bertz CT molecular complexity index is 1790. The minimum atomic E-state index is -2.36. The Morgan fingerprint density at radius 2 is 1.59 bits per heavy atom. The Morgan fingerprint density at radius 1 is 0.902 bits per heavy atom. The molecule has 7 nitrogen and oxygen atoms in total. The summed E-state index contributed by atoms with van der Waals surface area (Å²) in [5, 5.41) is 0.522. The van der Waals surface area contributed by atoms with E-state index in [1.165, 1.54) is 11.0 Å². The lowest BCUT2D eigenvalue weighted by atomic mass is 10.0. The van der Waals surface area contributed by atoms with Crippen LogP contribution in [0.3, 0.4) is 0 Å². The molecule has 1 aromatic heterocycles. The monoisotopic (exact) mass is 568 g/mol. The van der Waals surface area contributed by atoms with Gasteiger partial charge in [-0.3, -0.25) is 4.79 Å².